The van der Waals surface area contributed by atoms with Gasteiger partial charge in [-0.25, -0.2) is 0 Å². The third-order valence-corrected chi connectivity index (χ3v) is 3.76. The number of carbonyl (C=O) groups excluding carboxylic acids is 1. The van der Waals surface area contributed by atoms with Gasteiger partial charge in [-0.3, -0.25) is 4.79 Å². The maximum Gasteiger partial charge on any atom is 0.168 e. The smallest absolute Gasteiger partial charge is 0.168 e. The summed E-state index contributed by atoms with van der Waals surface area (Å²) in [5, 5.41) is 0. The Morgan fingerprint density at radius 3 is 2.25 bits per heavy atom. The lowest BCUT2D eigenvalue weighted by molar-refractivity contribution is 0.0858. The number of nitrogens with zero attached hydrogens (tertiary/aromatic N) is 1. The molecule has 2 aromatic carbocycles. The average Bonchev–Trinajstić information content (AvgIpc) is 2.53. The van der Waals surface area contributed by atoms with E-state index in [1.54, 1.807) is 0 Å². The highest BCUT2D eigenvalue weighted by atomic mass is 16.5. The summed E-state index contributed by atoms with van der Waals surface area (Å²) >= 11 is 0. The second kappa shape index (κ2) is 7.63. The van der Waals surface area contributed by atoms with Crippen molar-refractivity contribution < 1.29 is 9.53 Å². The van der Waals surface area contributed by atoms with Crippen LogP contribution in [-0.4, -0.2) is 37.9 Å². The van der Waals surface area contributed by atoms with Gasteiger partial charge in [-0.05, 0) is 43.4 Å². The molecular weight excluding hydrogens is 298 g/mol. The summed E-state index contributed by atoms with van der Waals surface area (Å²) in [4.78, 5) is 14.8. The summed E-state index contributed by atoms with van der Waals surface area (Å²) in [5.41, 5.74) is 2.36. The number of Topliss-reactive ketones (excluding diaryl/α,β-unsaturated/α-hetero) is 1. The van der Waals surface area contributed by atoms with Crippen LogP contribution in [0.15, 0.2) is 48.5 Å². The van der Waals surface area contributed by atoms with E-state index in [-0.39, 0.29) is 5.78 Å². The van der Waals surface area contributed by atoms with Gasteiger partial charge >= 0.3 is 0 Å². The van der Waals surface area contributed by atoms with Crippen LogP contribution in [0.2, 0.25) is 0 Å². The minimum absolute atomic E-state index is 0.123. The van der Waals surface area contributed by atoms with Gasteiger partial charge in [0.25, 0.3) is 0 Å². The van der Waals surface area contributed by atoms with E-state index < -0.39 is 5.41 Å². The van der Waals surface area contributed by atoms with E-state index in [2.05, 4.69) is 4.90 Å². The monoisotopic (exact) mass is 325 g/mol. The molecule has 128 valence electrons. The molecule has 0 bridgehead atoms. The van der Waals surface area contributed by atoms with E-state index in [9.17, 15) is 4.79 Å². The summed E-state index contributed by atoms with van der Waals surface area (Å²) in [7, 11) is 4.02. The minimum atomic E-state index is -0.420. The highest BCUT2D eigenvalue weighted by molar-refractivity contribution is 6.01. The lowest BCUT2D eigenvalue weighted by atomic mass is 9.85. The molecule has 3 nitrogen and oxygen atoms in total. The lowest BCUT2D eigenvalue weighted by Gasteiger charge is -2.19. The molecule has 2 rings (SSSR count). The van der Waals surface area contributed by atoms with Crippen molar-refractivity contribution in [1.82, 2.24) is 4.90 Å². The second-order valence-electron chi connectivity index (χ2n) is 7.34. The van der Waals surface area contributed by atoms with Gasteiger partial charge in [-0.15, -0.1) is 0 Å². The molecule has 2 aromatic rings. The fourth-order valence-electron chi connectivity index (χ4n) is 2.39. The quantitative estimate of drug-likeness (QED) is 0.731. The molecular formula is C21H27NO2. The molecule has 0 aliphatic rings. The minimum Gasteiger partial charge on any atom is -0.492 e. The zero-order valence-corrected chi connectivity index (χ0v) is 15.3. The van der Waals surface area contributed by atoms with Crippen LogP contribution in [0.5, 0.6) is 5.75 Å². The maximum absolute atomic E-state index is 12.7. The van der Waals surface area contributed by atoms with Crippen LogP contribution >= 0.6 is 0 Å². The van der Waals surface area contributed by atoms with Gasteiger partial charge in [0.15, 0.2) is 5.78 Å². The van der Waals surface area contributed by atoms with E-state index in [4.69, 9.17) is 4.74 Å². The van der Waals surface area contributed by atoms with Gasteiger partial charge in [0.05, 0.1) is 0 Å². The highest BCUT2D eigenvalue weighted by Gasteiger charge is 2.24. The Labute approximate surface area is 145 Å². The molecule has 0 N–H and O–H groups in total. The molecule has 0 saturated heterocycles. The van der Waals surface area contributed by atoms with Gasteiger partial charge in [0, 0.05) is 17.5 Å². The first kappa shape index (κ1) is 18.2. The molecule has 0 radical (unpaired) electrons. The van der Waals surface area contributed by atoms with Crippen LogP contribution in [0.3, 0.4) is 0 Å². The van der Waals surface area contributed by atoms with Crippen molar-refractivity contribution in [3.63, 3.8) is 0 Å². The van der Waals surface area contributed by atoms with Gasteiger partial charge in [-0.1, -0.05) is 51.1 Å². The third kappa shape index (κ3) is 4.93. The topological polar surface area (TPSA) is 29.5 Å². The SMILES string of the molecule is CN(C)CCOc1cc(C(=O)C(C)(C)C)cc(-c2ccccc2)c1. The van der Waals surface area contributed by atoms with E-state index in [1.807, 2.05) is 83.4 Å². The van der Waals surface area contributed by atoms with Crippen molar-refractivity contribution in [2.24, 2.45) is 5.41 Å². The number of carbonyl (C=O) groups is 1. The molecule has 0 spiro atoms. The average molecular weight is 325 g/mol. The molecule has 0 fully saturated rings. The van der Waals surface area contributed by atoms with Crippen LogP contribution in [0.4, 0.5) is 0 Å². The van der Waals surface area contributed by atoms with Crippen molar-refractivity contribution in [2.45, 2.75) is 20.8 Å². The van der Waals surface area contributed by atoms with Crippen LogP contribution in [-0.2, 0) is 0 Å². The molecule has 24 heavy (non-hydrogen) atoms. The first-order chi connectivity index (χ1) is 11.3. The highest BCUT2D eigenvalue weighted by Crippen LogP contribution is 2.30. The van der Waals surface area contributed by atoms with Gasteiger partial charge in [-0.2, -0.15) is 0 Å². The summed E-state index contributed by atoms with van der Waals surface area (Å²) in [6.45, 7) is 7.25. The summed E-state index contributed by atoms with van der Waals surface area (Å²) in [5.74, 6) is 0.864. The van der Waals surface area contributed by atoms with Crippen molar-refractivity contribution in [3.8, 4) is 16.9 Å². The Bertz CT molecular complexity index is 685. The molecule has 0 aliphatic heterocycles. The maximum atomic E-state index is 12.7. The van der Waals surface area contributed by atoms with Crippen LogP contribution in [0.25, 0.3) is 11.1 Å². The Morgan fingerprint density at radius 1 is 1.00 bits per heavy atom. The predicted molar refractivity (Wildman–Crippen MR) is 99.7 cm³/mol. The first-order valence-electron chi connectivity index (χ1n) is 8.30. The Kier molecular flexibility index (Phi) is 5.79. The van der Waals surface area contributed by atoms with Gasteiger partial charge < -0.3 is 9.64 Å². The zero-order valence-electron chi connectivity index (χ0n) is 15.3. The molecule has 0 atom stereocenters. The number of likely N-dealkylation sites (N-methyl/N-ethyl adjacent to an activating group) is 1. The van der Waals surface area contributed by atoms with E-state index in [1.165, 1.54) is 0 Å². The van der Waals surface area contributed by atoms with Crippen LogP contribution in [0.1, 0.15) is 31.1 Å². The lowest BCUT2D eigenvalue weighted by Crippen LogP contribution is -2.21. The third-order valence-electron chi connectivity index (χ3n) is 3.76. The van der Waals surface area contributed by atoms with Crippen molar-refractivity contribution in [3.05, 3.63) is 54.1 Å². The summed E-state index contributed by atoms with van der Waals surface area (Å²) in [6.07, 6.45) is 0. The normalized spacial score (nSPS) is 11.6. The molecule has 0 unspecified atom stereocenters. The predicted octanol–water partition coefficient (Wildman–Crippen LogP) is 4.52. The zero-order chi connectivity index (χ0) is 17.7. The molecule has 0 heterocycles. The Balaban J connectivity index is 2.38. The molecule has 3 heteroatoms. The fraction of sp³-hybridized carbons (Fsp3) is 0.381. The fourth-order valence-corrected chi connectivity index (χ4v) is 2.39. The standard InChI is InChI=1S/C21H27NO2/c1-21(2,3)20(23)18-13-17(16-9-7-6-8-10-16)14-19(15-18)24-12-11-22(4)5/h6-10,13-15H,11-12H2,1-5H3. The molecule has 0 aromatic heterocycles. The number of hydrogen-bond donors (Lipinski definition) is 0. The number of ether oxygens (including phenoxy) is 1. The largest absolute Gasteiger partial charge is 0.492 e. The number of rotatable bonds is 6. The van der Waals surface area contributed by atoms with Gasteiger partial charge in [0.2, 0.25) is 0 Å². The Morgan fingerprint density at radius 2 is 1.67 bits per heavy atom. The van der Waals surface area contributed by atoms with Crippen LogP contribution < -0.4 is 4.74 Å². The van der Waals surface area contributed by atoms with Gasteiger partial charge in [0.1, 0.15) is 12.4 Å². The molecule has 0 amide bonds. The van der Waals surface area contributed by atoms with E-state index in [0.29, 0.717) is 12.2 Å². The van der Waals surface area contributed by atoms with Crippen molar-refractivity contribution in [1.29, 1.82) is 0 Å². The number of benzene rings is 2. The van der Waals surface area contributed by atoms with E-state index in [0.717, 1.165) is 23.4 Å². The Hall–Kier alpha value is -2.13. The summed E-state index contributed by atoms with van der Waals surface area (Å²) in [6, 6.07) is 15.9. The van der Waals surface area contributed by atoms with E-state index >= 15 is 0 Å². The molecule has 0 saturated carbocycles. The van der Waals surface area contributed by atoms with Crippen molar-refractivity contribution in [2.75, 3.05) is 27.2 Å². The summed E-state index contributed by atoms with van der Waals surface area (Å²) < 4.78 is 5.89. The first-order valence-corrected chi connectivity index (χ1v) is 8.30. The van der Waals surface area contributed by atoms with Crippen LogP contribution in [0, 0.1) is 5.41 Å². The second-order valence-corrected chi connectivity index (χ2v) is 7.34. The van der Waals surface area contributed by atoms with Crippen molar-refractivity contribution >= 4 is 5.78 Å². The number of ketones is 1. The number of hydrogen-bond acceptors (Lipinski definition) is 3. The molecule has 0 aliphatic carbocycles.